The van der Waals surface area contributed by atoms with Gasteiger partial charge in [-0.25, -0.2) is 13.8 Å². The summed E-state index contributed by atoms with van der Waals surface area (Å²) in [5.41, 5.74) is -0.229. The van der Waals surface area contributed by atoms with Crippen LogP contribution >= 0.6 is 23.2 Å². The Morgan fingerprint density at radius 2 is 1.92 bits per heavy atom. The van der Waals surface area contributed by atoms with Crippen molar-refractivity contribution in [2.75, 3.05) is 0 Å². The molecule has 0 spiro atoms. The monoisotopic (exact) mass is 227 g/mol. The van der Waals surface area contributed by atoms with Crippen LogP contribution in [0.15, 0.2) is 12.1 Å². The van der Waals surface area contributed by atoms with Crippen molar-refractivity contribution in [3.63, 3.8) is 0 Å². The standard InChI is InChI=1S/C7H5Cl2F2NO/c8-3-1-4(6(13)7(10)11)12-5(9)2-3/h1-2,6-7,13H. The van der Waals surface area contributed by atoms with Crippen LogP contribution in [-0.2, 0) is 0 Å². The van der Waals surface area contributed by atoms with Gasteiger partial charge in [0.1, 0.15) is 5.15 Å². The lowest BCUT2D eigenvalue weighted by atomic mass is 10.2. The Morgan fingerprint density at radius 1 is 1.31 bits per heavy atom. The summed E-state index contributed by atoms with van der Waals surface area (Å²) in [5, 5.41) is 9.05. The minimum Gasteiger partial charge on any atom is -0.381 e. The van der Waals surface area contributed by atoms with Gasteiger partial charge < -0.3 is 5.11 Å². The molecule has 1 N–H and O–H groups in total. The van der Waals surface area contributed by atoms with E-state index in [0.29, 0.717) is 0 Å². The van der Waals surface area contributed by atoms with Crippen molar-refractivity contribution < 1.29 is 13.9 Å². The molecule has 1 aromatic heterocycles. The van der Waals surface area contributed by atoms with E-state index in [2.05, 4.69) is 4.98 Å². The Morgan fingerprint density at radius 3 is 2.38 bits per heavy atom. The number of hydrogen-bond donors (Lipinski definition) is 1. The first-order valence-electron chi connectivity index (χ1n) is 3.30. The molecule has 0 amide bonds. The van der Waals surface area contributed by atoms with Gasteiger partial charge in [0.15, 0.2) is 6.10 Å². The highest BCUT2D eigenvalue weighted by Gasteiger charge is 2.21. The van der Waals surface area contributed by atoms with Crippen molar-refractivity contribution >= 4 is 23.2 Å². The summed E-state index contributed by atoms with van der Waals surface area (Å²) >= 11 is 11.0. The zero-order valence-electron chi connectivity index (χ0n) is 6.22. The third-order valence-corrected chi connectivity index (χ3v) is 1.73. The van der Waals surface area contributed by atoms with E-state index in [4.69, 9.17) is 28.3 Å². The molecule has 1 unspecified atom stereocenters. The molecule has 2 nitrogen and oxygen atoms in total. The number of hydrogen-bond acceptors (Lipinski definition) is 2. The number of halogens is 4. The highest BCUT2D eigenvalue weighted by atomic mass is 35.5. The highest BCUT2D eigenvalue weighted by Crippen LogP contribution is 2.23. The van der Waals surface area contributed by atoms with Crippen LogP contribution in [0.1, 0.15) is 11.8 Å². The van der Waals surface area contributed by atoms with E-state index in [9.17, 15) is 8.78 Å². The molecule has 0 aliphatic rings. The van der Waals surface area contributed by atoms with Crippen molar-refractivity contribution in [3.8, 4) is 0 Å². The van der Waals surface area contributed by atoms with E-state index in [-0.39, 0.29) is 15.9 Å². The molecule has 1 aromatic rings. The lowest BCUT2D eigenvalue weighted by Crippen LogP contribution is -2.09. The van der Waals surface area contributed by atoms with E-state index in [1.807, 2.05) is 0 Å². The third kappa shape index (κ3) is 2.76. The Kier molecular flexibility index (Phi) is 3.41. The van der Waals surface area contributed by atoms with Gasteiger partial charge in [0.2, 0.25) is 0 Å². The maximum absolute atomic E-state index is 12.0. The molecule has 0 aromatic carbocycles. The Hall–Kier alpha value is -0.450. The topological polar surface area (TPSA) is 33.1 Å². The molecule has 6 heteroatoms. The minimum atomic E-state index is -2.90. The van der Waals surface area contributed by atoms with Crippen molar-refractivity contribution in [3.05, 3.63) is 28.0 Å². The maximum Gasteiger partial charge on any atom is 0.269 e. The number of pyridine rings is 1. The predicted molar refractivity (Wildman–Crippen MR) is 45.2 cm³/mol. The number of rotatable bonds is 2. The Bertz CT molecular complexity index is 288. The summed E-state index contributed by atoms with van der Waals surface area (Å²) in [6, 6.07) is 2.44. The smallest absolute Gasteiger partial charge is 0.269 e. The molecule has 0 aliphatic carbocycles. The molecule has 72 valence electrons. The van der Waals surface area contributed by atoms with Gasteiger partial charge in [0.05, 0.1) is 5.69 Å². The van der Waals surface area contributed by atoms with Gasteiger partial charge in [-0.3, -0.25) is 0 Å². The maximum atomic E-state index is 12.0. The molecule has 1 atom stereocenters. The van der Waals surface area contributed by atoms with Crippen LogP contribution in [-0.4, -0.2) is 16.5 Å². The molecule has 1 heterocycles. The summed E-state index contributed by atoms with van der Waals surface area (Å²) in [7, 11) is 0. The largest absolute Gasteiger partial charge is 0.381 e. The summed E-state index contributed by atoms with van der Waals surface area (Å²) in [6.07, 6.45) is -4.85. The Labute approximate surface area is 83.1 Å². The second kappa shape index (κ2) is 4.17. The fourth-order valence-electron chi connectivity index (χ4n) is 0.765. The minimum absolute atomic E-state index is 0.0257. The fourth-order valence-corrected chi connectivity index (χ4v) is 1.25. The second-order valence-electron chi connectivity index (χ2n) is 2.31. The Balaban J connectivity index is 3.01. The molecule has 0 aliphatic heterocycles. The SMILES string of the molecule is OC(c1cc(Cl)cc(Cl)n1)C(F)F. The van der Waals surface area contributed by atoms with Crippen LogP contribution in [0.2, 0.25) is 10.2 Å². The molecule has 0 bridgehead atoms. The van der Waals surface area contributed by atoms with Crippen LogP contribution in [0.3, 0.4) is 0 Å². The van der Waals surface area contributed by atoms with E-state index >= 15 is 0 Å². The first-order valence-corrected chi connectivity index (χ1v) is 4.05. The quantitative estimate of drug-likeness (QED) is 0.789. The molecule has 0 radical (unpaired) electrons. The van der Waals surface area contributed by atoms with E-state index < -0.39 is 12.5 Å². The van der Waals surface area contributed by atoms with Gasteiger partial charge >= 0.3 is 0 Å². The first kappa shape index (κ1) is 10.6. The normalized spacial score (nSPS) is 13.4. The van der Waals surface area contributed by atoms with Gasteiger partial charge in [-0.1, -0.05) is 23.2 Å². The van der Waals surface area contributed by atoms with E-state index in [0.717, 1.165) is 6.07 Å². The van der Waals surface area contributed by atoms with E-state index in [1.54, 1.807) is 0 Å². The number of alkyl halides is 2. The first-order chi connectivity index (χ1) is 6.00. The lowest BCUT2D eigenvalue weighted by molar-refractivity contribution is -0.00818. The molecule has 0 saturated carbocycles. The summed E-state index contributed by atoms with van der Waals surface area (Å²) < 4.78 is 24.0. The van der Waals surface area contributed by atoms with Gasteiger partial charge in [0, 0.05) is 5.02 Å². The van der Waals surface area contributed by atoms with Crippen molar-refractivity contribution in [2.24, 2.45) is 0 Å². The fraction of sp³-hybridized carbons (Fsp3) is 0.286. The lowest BCUT2D eigenvalue weighted by Gasteiger charge is -2.08. The molecular formula is C7H5Cl2F2NO. The summed E-state index contributed by atoms with van der Waals surface area (Å²) in [5.74, 6) is 0. The summed E-state index contributed by atoms with van der Waals surface area (Å²) in [6.45, 7) is 0. The molecule has 13 heavy (non-hydrogen) atoms. The van der Waals surface area contributed by atoms with Gasteiger partial charge in [-0.15, -0.1) is 0 Å². The van der Waals surface area contributed by atoms with Crippen molar-refractivity contribution in [1.29, 1.82) is 0 Å². The molecule has 1 rings (SSSR count). The van der Waals surface area contributed by atoms with Crippen molar-refractivity contribution in [1.82, 2.24) is 4.98 Å². The third-order valence-electron chi connectivity index (χ3n) is 1.32. The predicted octanol–water partition coefficient (Wildman–Crippen LogP) is 2.69. The molecule has 0 saturated heterocycles. The number of aliphatic hydroxyl groups is 1. The average molecular weight is 228 g/mol. The van der Waals surface area contributed by atoms with Crippen LogP contribution in [0.5, 0.6) is 0 Å². The highest BCUT2D eigenvalue weighted by molar-refractivity contribution is 6.33. The zero-order valence-corrected chi connectivity index (χ0v) is 7.73. The van der Waals surface area contributed by atoms with E-state index in [1.165, 1.54) is 6.07 Å². The van der Waals surface area contributed by atoms with Crippen LogP contribution < -0.4 is 0 Å². The molecule has 0 fully saturated rings. The van der Waals surface area contributed by atoms with Crippen LogP contribution in [0.25, 0.3) is 0 Å². The van der Waals surface area contributed by atoms with Crippen molar-refractivity contribution in [2.45, 2.75) is 12.5 Å². The van der Waals surface area contributed by atoms with Crippen LogP contribution in [0, 0.1) is 0 Å². The van der Waals surface area contributed by atoms with Gasteiger partial charge in [-0.05, 0) is 12.1 Å². The zero-order chi connectivity index (χ0) is 10.0. The number of aromatic nitrogens is 1. The number of aliphatic hydroxyl groups excluding tert-OH is 1. The average Bonchev–Trinajstić information content (AvgIpc) is 2.01. The molecular weight excluding hydrogens is 223 g/mol. The number of nitrogens with zero attached hydrogens (tertiary/aromatic N) is 1. The van der Waals surface area contributed by atoms with Crippen LogP contribution in [0.4, 0.5) is 8.78 Å². The second-order valence-corrected chi connectivity index (χ2v) is 3.14. The summed E-state index contributed by atoms with van der Waals surface area (Å²) in [4.78, 5) is 3.51. The van der Waals surface area contributed by atoms with Gasteiger partial charge in [-0.2, -0.15) is 0 Å². The van der Waals surface area contributed by atoms with Gasteiger partial charge in [0.25, 0.3) is 6.43 Å².